The van der Waals surface area contributed by atoms with Gasteiger partial charge in [0, 0.05) is 24.9 Å². The van der Waals surface area contributed by atoms with Crippen LogP contribution in [0.25, 0.3) is 27.6 Å². The average molecular weight is 399 g/mol. The second kappa shape index (κ2) is 8.21. The highest BCUT2D eigenvalue weighted by Crippen LogP contribution is 2.24. The van der Waals surface area contributed by atoms with Crippen molar-refractivity contribution in [2.75, 3.05) is 6.54 Å². The molecule has 0 aliphatic rings. The molecule has 2 aromatic heterocycles. The number of rotatable bonds is 5. The molecule has 0 bridgehead atoms. The minimum Gasteiger partial charge on any atom is -0.618 e. The number of hydrogen-bond donors (Lipinski definition) is 1. The van der Waals surface area contributed by atoms with Crippen LogP contribution in [0.5, 0.6) is 0 Å². The smallest absolute Gasteiger partial charge is 0.276 e. The van der Waals surface area contributed by atoms with E-state index < -0.39 is 0 Å². The summed E-state index contributed by atoms with van der Waals surface area (Å²) >= 11 is 0. The van der Waals surface area contributed by atoms with Crippen LogP contribution >= 0.6 is 0 Å². The van der Waals surface area contributed by atoms with Crippen LogP contribution in [0.4, 0.5) is 0 Å². The summed E-state index contributed by atoms with van der Waals surface area (Å²) in [6, 6.07) is 16.8. The van der Waals surface area contributed by atoms with E-state index in [4.69, 9.17) is 4.42 Å². The van der Waals surface area contributed by atoms with E-state index >= 15 is 0 Å². The zero-order chi connectivity index (χ0) is 21.1. The van der Waals surface area contributed by atoms with Gasteiger partial charge in [0.05, 0.1) is 0 Å². The molecule has 6 heteroatoms. The maximum absolute atomic E-state index is 12.5. The van der Waals surface area contributed by atoms with Crippen molar-refractivity contribution >= 4 is 33.5 Å². The van der Waals surface area contributed by atoms with Crippen LogP contribution < -0.4 is 10.0 Å². The lowest BCUT2D eigenvalue weighted by molar-refractivity contribution is -0.584. The summed E-state index contributed by atoms with van der Waals surface area (Å²) in [5, 5.41) is 16.2. The van der Waals surface area contributed by atoms with E-state index in [9.17, 15) is 10.0 Å². The fourth-order valence-electron chi connectivity index (χ4n) is 3.20. The maximum Gasteiger partial charge on any atom is 0.276 e. The molecule has 6 nitrogen and oxygen atoms in total. The average Bonchev–Trinajstić information content (AvgIpc) is 3.20. The second-order valence-corrected chi connectivity index (χ2v) is 6.97. The van der Waals surface area contributed by atoms with Crippen molar-refractivity contribution in [3.05, 3.63) is 95.2 Å². The third-order valence-electron chi connectivity index (χ3n) is 4.87. The van der Waals surface area contributed by atoms with Crippen molar-refractivity contribution in [3.63, 3.8) is 0 Å². The van der Waals surface area contributed by atoms with Crippen molar-refractivity contribution in [1.82, 2.24) is 10.3 Å². The molecule has 0 radical (unpaired) electrons. The number of carbonyl (C=O) groups is 1. The Labute approximate surface area is 173 Å². The molecule has 0 aliphatic carbocycles. The second-order valence-electron chi connectivity index (χ2n) is 6.97. The number of hydrogen-bond acceptors (Lipinski definition) is 4. The van der Waals surface area contributed by atoms with Gasteiger partial charge < -0.3 is 14.9 Å². The molecule has 0 saturated heterocycles. The van der Waals surface area contributed by atoms with Crippen LogP contribution in [-0.4, -0.2) is 17.4 Å². The van der Waals surface area contributed by atoms with Crippen LogP contribution in [0.1, 0.15) is 28.9 Å². The van der Waals surface area contributed by atoms with E-state index in [2.05, 4.69) is 10.3 Å². The van der Waals surface area contributed by atoms with Gasteiger partial charge in [-0.05, 0) is 30.7 Å². The molecule has 1 amide bonds. The topological polar surface area (TPSA) is 82.1 Å². The summed E-state index contributed by atoms with van der Waals surface area (Å²) in [4.78, 5) is 16.8. The van der Waals surface area contributed by atoms with Gasteiger partial charge in [-0.1, -0.05) is 48.6 Å². The van der Waals surface area contributed by atoms with Crippen LogP contribution in [0.3, 0.4) is 0 Å². The molecule has 0 spiro atoms. The van der Waals surface area contributed by atoms with Gasteiger partial charge in [0.1, 0.15) is 16.9 Å². The SMILES string of the molecule is C/C(=C/C=C/CNC(=O)c1nc2ccccc2[n+]([O-])c1C)c1cc2ccccc2o1. The van der Waals surface area contributed by atoms with Crippen molar-refractivity contribution in [1.29, 1.82) is 0 Å². The Morgan fingerprint density at radius 3 is 2.80 bits per heavy atom. The number of amides is 1. The quantitative estimate of drug-likeness (QED) is 0.308. The summed E-state index contributed by atoms with van der Waals surface area (Å²) in [5.74, 6) is 0.423. The van der Waals surface area contributed by atoms with Gasteiger partial charge in [-0.3, -0.25) is 4.79 Å². The lowest BCUT2D eigenvalue weighted by Crippen LogP contribution is -2.37. The van der Waals surface area contributed by atoms with E-state index in [1.165, 1.54) is 0 Å². The fraction of sp³-hybridized carbons (Fsp3) is 0.125. The molecule has 4 rings (SSSR count). The number of fused-ring (bicyclic) bond motifs is 2. The number of benzene rings is 2. The number of carbonyl (C=O) groups excluding carboxylic acids is 1. The summed E-state index contributed by atoms with van der Waals surface area (Å²) in [6.07, 6.45) is 5.61. The Kier molecular flexibility index (Phi) is 5.30. The Balaban J connectivity index is 1.42. The Morgan fingerprint density at radius 2 is 1.97 bits per heavy atom. The first-order chi connectivity index (χ1) is 14.5. The third kappa shape index (κ3) is 3.80. The molecular weight excluding hydrogens is 378 g/mol. The third-order valence-corrected chi connectivity index (χ3v) is 4.87. The number of furan rings is 1. The molecule has 30 heavy (non-hydrogen) atoms. The highest BCUT2D eigenvalue weighted by Gasteiger charge is 2.20. The first kappa shape index (κ1) is 19.4. The predicted molar refractivity (Wildman–Crippen MR) is 117 cm³/mol. The largest absolute Gasteiger partial charge is 0.618 e. The molecule has 2 heterocycles. The number of nitrogens with zero attached hydrogens (tertiary/aromatic N) is 2. The molecule has 0 atom stereocenters. The van der Waals surface area contributed by atoms with Crippen molar-refractivity contribution in [2.45, 2.75) is 13.8 Å². The van der Waals surface area contributed by atoms with E-state index in [1.807, 2.05) is 55.5 Å². The van der Waals surface area contributed by atoms with E-state index in [0.717, 1.165) is 27.0 Å². The molecule has 0 saturated carbocycles. The number of aromatic nitrogens is 2. The summed E-state index contributed by atoms with van der Waals surface area (Å²) < 4.78 is 6.57. The summed E-state index contributed by atoms with van der Waals surface area (Å²) in [7, 11) is 0. The standard InChI is InChI=1S/C24H21N3O3/c1-16(22-15-18-10-3-6-13-21(18)30-22)9-7-8-14-25-24(28)23-17(2)27(29)20-12-5-4-11-19(20)26-23/h3-13,15H,14H2,1-2H3,(H,25,28)/b8-7+,16-9-. The zero-order valence-electron chi connectivity index (χ0n) is 16.8. The number of nitrogens with one attached hydrogen (secondary N) is 1. The zero-order valence-corrected chi connectivity index (χ0v) is 16.8. The lowest BCUT2D eigenvalue weighted by Gasteiger charge is -2.08. The van der Waals surface area contributed by atoms with Crippen molar-refractivity contribution < 1.29 is 13.9 Å². The first-order valence-electron chi connectivity index (χ1n) is 9.64. The van der Waals surface area contributed by atoms with Crippen LogP contribution in [-0.2, 0) is 0 Å². The first-order valence-corrected chi connectivity index (χ1v) is 9.64. The molecule has 0 unspecified atom stereocenters. The number of allylic oxidation sites excluding steroid dienone is 3. The molecule has 4 aromatic rings. The molecule has 0 fully saturated rings. The van der Waals surface area contributed by atoms with Gasteiger partial charge in [0.25, 0.3) is 5.91 Å². The Hall–Kier alpha value is -3.93. The van der Waals surface area contributed by atoms with Gasteiger partial charge in [0.15, 0.2) is 5.69 Å². The maximum atomic E-state index is 12.5. The van der Waals surface area contributed by atoms with Gasteiger partial charge in [-0.2, -0.15) is 4.73 Å². The Morgan fingerprint density at radius 1 is 1.20 bits per heavy atom. The van der Waals surface area contributed by atoms with Crippen LogP contribution in [0.15, 0.2) is 77.2 Å². The van der Waals surface area contributed by atoms with Gasteiger partial charge in [0.2, 0.25) is 11.2 Å². The number of para-hydroxylation sites is 3. The van der Waals surface area contributed by atoms with E-state index in [-0.39, 0.29) is 17.3 Å². The molecule has 150 valence electrons. The summed E-state index contributed by atoms with van der Waals surface area (Å²) in [6.45, 7) is 3.88. The molecular formula is C24H21N3O3. The monoisotopic (exact) mass is 399 g/mol. The lowest BCUT2D eigenvalue weighted by atomic mass is 10.2. The van der Waals surface area contributed by atoms with Crippen molar-refractivity contribution in [3.8, 4) is 0 Å². The van der Waals surface area contributed by atoms with Crippen LogP contribution in [0.2, 0.25) is 0 Å². The highest BCUT2D eigenvalue weighted by atomic mass is 16.5. The molecule has 0 aliphatic heterocycles. The molecule has 1 N–H and O–H groups in total. The fourth-order valence-corrected chi connectivity index (χ4v) is 3.20. The Bertz CT molecular complexity index is 1270. The highest BCUT2D eigenvalue weighted by molar-refractivity contribution is 5.94. The minimum atomic E-state index is -0.384. The predicted octanol–water partition coefficient (Wildman–Crippen LogP) is 4.31. The van der Waals surface area contributed by atoms with Gasteiger partial charge >= 0.3 is 0 Å². The van der Waals surface area contributed by atoms with Gasteiger partial charge in [-0.15, -0.1) is 0 Å². The van der Waals surface area contributed by atoms with E-state index in [0.29, 0.717) is 17.6 Å². The van der Waals surface area contributed by atoms with Gasteiger partial charge in [-0.25, -0.2) is 4.98 Å². The summed E-state index contributed by atoms with van der Waals surface area (Å²) in [5.41, 5.74) is 3.17. The van der Waals surface area contributed by atoms with E-state index in [1.54, 1.807) is 31.2 Å². The minimum absolute atomic E-state index is 0.131. The normalized spacial score (nSPS) is 12.1. The molecule has 2 aromatic carbocycles. The van der Waals surface area contributed by atoms with Crippen LogP contribution in [0, 0.1) is 12.1 Å². The van der Waals surface area contributed by atoms with Crippen molar-refractivity contribution in [2.24, 2.45) is 0 Å².